The molecule has 11 nitrogen and oxygen atoms in total. The molecule has 2 saturated heterocycles. The molecule has 0 radical (unpaired) electrons. The normalized spacial score (nSPS) is 26.2. The smallest absolute Gasteiger partial charge is 0.229 e. The van der Waals surface area contributed by atoms with Crippen LogP contribution in [0.5, 0.6) is 0 Å². The molecule has 0 unspecified atom stereocenters. The maximum absolute atomic E-state index is 6.25. The number of ether oxygens (including phenoxy) is 3. The minimum Gasteiger partial charge on any atom is -0.381 e. The van der Waals surface area contributed by atoms with Crippen molar-refractivity contribution < 1.29 is 14.2 Å². The SMILES string of the molecule is c1ccc(COC2CC(n3ccc4nc(Nc5cnn(C6CCOCC6)c5)nc(NC5CCC(N6CCOCC6)CC5)c43)C2)cc1. The van der Waals surface area contributed by atoms with Crippen LogP contribution in [0.4, 0.5) is 17.5 Å². The van der Waals surface area contributed by atoms with E-state index in [1.807, 2.05) is 12.3 Å². The minimum absolute atomic E-state index is 0.267. The second-order valence-electron chi connectivity index (χ2n) is 13.4. The number of fused-ring (bicyclic) bond motifs is 1. The second kappa shape index (κ2) is 13.7. The number of rotatable bonds is 10. The first kappa shape index (κ1) is 29.9. The molecule has 244 valence electrons. The third-order valence-corrected chi connectivity index (χ3v) is 10.4. The monoisotopic (exact) mass is 626 g/mol. The fraction of sp³-hybridized carbons (Fsp3) is 0.571. The van der Waals surface area contributed by atoms with Gasteiger partial charge in [-0.25, -0.2) is 4.98 Å². The topological polar surface area (TPSA) is 104 Å². The van der Waals surface area contributed by atoms with Crippen molar-refractivity contribution in [1.29, 1.82) is 0 Å². The Labute approximate surface area is 270 Å². The van der Waals surface area contributed by atoms with Crippen molar-refractivity contribution in [1.82, 2.24) is 29.2 Å². The number of aromatic nitrogens is 5. The van der Waals surface area contributed by atoms with E-state index in [1.165, 1.54) is 18.4 Å². The Balaban J connectivity index is 0.991. The van der Waals surface area contributed by atoms with Gasteiger partial charge in [-0.2, -0.15) is 10.1 Å². The molecule has 4 fully saturated rings. The molecule has 0 bridgehead atoms. The van der Waals surface area contributed by atoms with E-state index in [4.69, 9.17) is 24.2 Å². The molecule has 0 spiro atoms. The van der Waals surface area contributed by atoms with Gasteiger partial charge in [-0.3, -0.25) is 9.58 Å². The lowest BCUT2D eigenvalue weighted by atomic mass is 9.88. The van der Waals surface area contributed by atoms with Crippen molar-refractivity contribution in [3.8, 4) is 0 Å². The molecule has 8 rings (SSSR count). The highest BCUT2D eigenvalue weighted by atomic mass is 16.5. The zero-order chi connectivity index (χ0) is 30.7. The van der Waals surface area contributed by atoms with Crippen LogP contribution in [0.1, 0.15) is 69.0 Å². The first-order valence-electron chi connectivity index (χ1n) is 17.3. The van der Waals surface area contributed by atoms with Crippen molar-refractivity contribution in [2.45, 2.75) is 88.2 Å². The summed E-state index contributed by atoms with van der Waals surface area (Å²) in [5, 5.41) is 12.0. The molecule has 3 aromatic heterocycles. The number of hydrogen-bond donors (Lipinski definition) is 2. The Morgan fingerprint density at radius 2 is 1.61 bits per heavy atom. The lowest BCUT2D eigenvalue weighted by Crippen LogP contribution is -2.46. The summed E-state index contributed by atoms with van der Waals surface area (Å²) >= 11 is 0. The van der Waals surface area contributed by atoms with Gasteiger partial charge in [0.25, 0.3) is 0 Å². The highest BCUT2D eigenvalue weighted by molar-refractivity contribution is 5.88. The van der Waals surface area contributed by atoms with Crippen LogP contribution in [0.3, 0.4) is 0 Å². The number of nitrogens with zero attached hydrogens (tertiary/aromatic N) is 6. The van der Waals surface area contributed by atoms with Gasteiger partial charge in [0.15, 0.2) is 5.82 Å². The van der Waals surface area contributed by atoms with E-state index in [2.05, 4.69) is 72.6 Å². The number of benzene rings is 1. The molecule has 46 heavy (non-hydrogen) atoms. The maximum Gasteiger partial charge on any atom is 0.229 e. The summed E-state index contributed by atoms with van der Waals surface area (Å²) in [4.78, 5) is 12.7. The highest BCUT2D eigenvalue weighted by Gasteiger charge is 2.33. The van der Waals surface area contributed by atoms with E-state index in [1.54, 1.807) is 0 Å². The quantitative estimate of drug-likeness (QED) is 0.230. The summed E-state index contributed by atoms with van der Waals surface area (Å²) in [6.45, 7) is 6.06. The van der Waals surface area contributed by atoms with Crippen molar-refractivity contribution in [3.63, 3.8) is 0 Å². The van der Waals surface area contributed by atoms with Crippen LogP contribution in [-0.2, 0) is 20.8 Å². The Kier molecular flexibility index (Phi) is 8.89. The van der Waals surface area contributed by atoms with E-state index in [0.717, 1.165) is 101 Å². The van der Waals surface area contributed by atoms with Crippen molar-refractivity contribution >= 4 is 28.5 Å². The zero-order valence-corrected chi connectivity index (χ0v) is 26.6. The molecule has 0 atom stereocenters. The largest absolute Gasteiger partial charge is 0.381 e. The lowest BCUT2D eigenvalue weighted by molar-refractivity contribution is -0.0347. The summed E-state index contributed by atoms with van der Waals surface area (Å²) in [7, 11) is 0. The molecule has 1 aromatic carbocycles. The first-order chi connectivity index (χ1) is 22.7. The molecule has 11 heteroatoms. The predicted molar refractivity (Wildman–Crippen MR) is 177 cm³/mol. The lowest BCUT2D eigenvalue weighted by Gasteiger charge is -2.39. The van der Waals surface area contributed by atoms with Gasteiger partial charge in [-0.1, -0.05) is 30.3 Å². The Morgan fingerprint density at radius 1 is 0.826 bits per heavy atom. The zero-order valence-electron chi connectivity index (χ0n) is 26.6. The fourth-order valence-corrected chi connectivity index (χ4v) is 7.62. The van der Waals surface area contributed by atoms with Gasteiger partial charge in [0.2, 0.25) is 5.95 Å². The average Bonchev–Trinajstić information content (AvgIpc) is 3.73. The first-order valence-corrected chi connectivity index (χ1v) is 17.3. The third-order valence-electron chi connectivity index (χ3n) is 10.4. The van der Waals surface area contributed by atoms with Crippen LogP contribution in [0.2, 0.25) is 0 Å². The van der Waals surface area contributed by atoms with E-state index in [9.17, 15) is 0 Å². The van der Waals surface area contributed by atoms with Crippen molar-refractivity contribution in [2.75, 3.05) is 50.2 Å². The molecular weight excluding hydrogens is 580 g/mol. The van der Waals surface area contributed by atoms with E-state index in [0.29, 0.717) is 36.7 Å². The summed E-state index contributed by atoms with van der Waals surface area (Å²) in [5.41, 5.74) is 4.16. The van der Waals surface area contributed by atoms with E-state index in [-0.39, 0.29) is 6.10 Å². The molecule has 2 saturated carbocycles. The molecule has 4 aromatic rings. The summed E-state index contributed by atoms with van der Waals surface area (Å²) in [6.07, 6.45) is 15.0. The van der Waals surface area contributed by atoms with Gasteiger partial charge in [0, 0.05) is 56.8 Å². The van der Waals surface area contributed by atoms with Crippen molar-refractivity contribution in [3.05, 3.63) is 60.6 Å². The Morgan fingerprint density at radius 3 is 2.41 bits per heavy atom. The Hall–Kier alpha value is -3.51. The number of anilines is 3. The van der Waals surface area contributed by atoms with Gasteiger partial charge in [-0.05, 0) is 63.0 Å². The number of hydrogen-bond acceptors (Lipinski definition) is 9. The minimum atomic E-state index is 0.267. The summed E-state index contributed by atoms with van der Waals surface area (Å²) < 4.78 is 21.8. The average molecular weight is 627 g/mol. The van der Waals surface area contributed by atoms with E-state index >= 15 is 0 Å². The molecule has 2 N–H and O–H groups in total. The van der Waals surface area contributed by atoms with Gasteiger partial charge in [0.1, 0.15) is 5.52 Å². The molecule has 0 amide bonds. The Bertz CT molecular complexity index is 1570. The van der Waals surface area contributed by atoms with Crippen LogP contribution in [-0.4, -0.2) is 86.9 Å². The molecular formula is C35H46N8O3. The molecule has 2 aliphatic carbocycles. The van der Waals surface area contributed by atoms with Gasteiger partial charge in [-0.15, -0.1) is 0 Å². The second-order valence-corrected chi connectivity index (χ2v) is 13.4. The maximum atomic E-state index is 6.25. The van der Waals surface area contributed by atoms with Gasteiger partial charge < -0.3 is 29.4 Å². The standard InChI is InChI=1S/C35H46N8O3/c1-2-4-25(5-3-1)24-46-31-20-30(21-31)42-13-10-32-33(42)34(37-26-6-8-28(9-7-26)41-14-18-45-19-15-41)40-35(39-32)38-27-22-36-43(23-27)29-11-16-44-17-12-29/h1-5,10,13,22-23,26,28-31H,6-9,11-12,14-21,24H2,(H2,37,38,39,40). The van der Waals surface area contributed by atoms with Crippen LogP contribution in [0.15, 0.2) is 55.0 Å². The molecule has 4 aliphatic rings. The van der Waals surface area contributed by atoms with Crippen LogP contribution in [0, 0.1) is 0 Å². The highest BCUT2D eigenvalue weighted by Crippen LogP contribution is 2.39. The summed E-state index contributed by atoms with van der Waals surface area (Å²) in [6, 6.07) is 14.3. The number of nitrogens with one attached hydrogen (secondary N) is 2. The third kappa shape index (κ3) is 6.64. The van der Waals surface area contributed by atoms with Crippen LogP contribution in [0.25, 0.3) is 11.0 Å². The predicted octanol–water partition coefficient (Wildman–Crippen LogP) is 5.70. The summed E-state index contributed by atoms with van der Waals surface area (Å²) in [5.74, 6) is 1.51. The van der Waals surface area contributed by atoms with Crippen molar-refractivity contribution in [2.24, 2.45) is 0 Å². The molecule has 5 heterocycles. The fourth-order valence-electron chi connectivity index (χ4n) is 7.62. The van der Waals surface area contributed by atoms with Gasteiger partial charge >= 0.3 is 0 Å². The molecule has 2 aliphatic heterocycles. The van der Waals surface area contributed by atoms with Crippen LogP contribution < -0.4 is 10.6 Å². The van der Waals surface area contributed by atoms with Gasteiger partial charge in [0.05, 0.1) is 49.4 Å². The van der Waals surface area contributed by atoms with Crippen LogP contribution >= 0.6 is 0 Å². The van der Waals surface area contributed by atoms with E-state index < -0.39 is 0 Å². The number of morpholine rings is 1.